The summed E-state index contributed by atoms with van der Waals surface area (Å²) < 4.78 is 32.3. The van der Waals surface area contributed by atoms with Crippen molar-refractivity contribution in [3.63, 3.8) is 0 Å². The van der Waals surface area contributed by atoms with Gasteiger partial charge in [0.05, 0.1) is 0 Å². The summed E-state index contributed by atoms with van der Waals surface area (Å²) in [5.41, 5.74) is 6.19. The number of rotatable bonds is 4. The van der Waals surface area contributed by atoms with Gasteiger partial charge in [-0.2, -0.15) is 0 Å². The van der Waals surface area contributed by atoms with Gasteiger partial charge in [0.2, 0.25) is 0 Å². The molecule has 23 heavy (non-hydrogen) atoms. The van der Waals surface area contributed by atoms with Crippen LogP contribution >= 0.6 is 0 Å². The minimum Gasteiger partial charge on any atom is -0.451 e. The normalized spacial score (nSPS) is 13.9. The standard InChI is InChI=1S/C17H13F2NO3/c18-9-17(19,22)13-6-2-1-4-11(13)10-5-3-7-14-12(10)8-15(23-14)16(20)21/h1-8,22H,9H2,(H2,20,21). The number of carbonyl (C=O) groups is 1. The highest BCUT2D eigenvalue weighted by Gasteiger charge is 2.32. The molecule has 0 saturated heterocycles. The topological polar surface area (TPSA) is 76.5 Å². The van der Waals surface area contributed by atoms with E-state index < -0.39 is 18.4 Å². The second-order valence-electron chi connectivity index (χ2n) is 5.13. The summed E-state index contributed by atoms with van der Waals surface area (Å²) in [5.74, 6) is -3.87. The first-order chi connectivity index (χ1) is 10.9. The molecule has 0 aliphatic rings. The van der Waals surface area contributed by atoms with E-state index >= 15 is 0 Å². The van der Waals surface area contributed by atoms with E-state index in [0.29, 0.717) is 22.1 Å². The Hall–Kier alpha value is -2.73. The molecular formula is C17H13F2NO3. The molecule has 1 heterocycles. The Morgan fingerprint density at radius 1 is 1.17 bits per heavy atom. The highest BCUT2D eigenvalue weighted by atomic mass is 19.2. The minimum atomic E-state index is -3.10. The molecule has 3 aromatic rings. The molecule has 3 rings (SSSR count). The van der Waals surface area contributed by atoms with Crippen molar-refractivity contribution < 1.29 is 23.1 Å². The van der Waals surface area contributed by atoms with E-state index in [2.05, 4.69) is 0 Å². The third-order valence-electron chi connectivity index (χ3n) is 3.61. The molecule has 1 unspecified atom stereocenters. The van der Waals surface area contributed by atoms with Gasteiger partial charge in [0, 0.05) is 10.9 Å². The van der Waals surface area contributed by atoms with Crippen molar-refractivity contribution in [3.8, 4) is 11.1 Å². The van der Waals surface area contributed by atoms with E-state index in [4.69, 9.17) is 10.2 Å². The van der Waals surface area contributed by atoms with Gasteiger partial charge in [0.1, 0.15) is 5.58 Å². The van der Waals surface area contributed by atoms with E-state index in [9.17, 15) is 18.7 Å². The third-order valence-corrected chi connectivity index (χ3v) is 3.61. The largest absolute Gasteiger partial charge is 0.451 e. The summed E-state index contributed by atoms with van der Waals surface area (Å²) in [5, 5.41) is 10.2. The number of amides is 1. The first kappa shape index (κ1) is 15.2. The highest BCUT2D eigenvalue weighted by molar-refractivity contribution is 6.01. The molecule has 0 aliphatic heterocycles. The monoisotopic (exact) mass is 317 g/mol. The van der Waals surface area contributed by atoms with Crippen LogP contribution in [0, 0.1) is 0 Å². The van der Waals surface area contributed by atoms with Crippen molar-refractivity contribution in [1.29, 1.82) is 0 Å². The number of nitrogens with two attached hydrogens (primary N) is 1. The summed E-state index contributed by atoms with van der Waals surface area (Å²) in [6, 6.07) is 12.4. The molecule has 1 amide bonds. The zero-order valence-electron chi connectivity index (χ0n) is 11.9. The molecule has 0 spiro atoms. The molecule has 1 atom stereocenters. The van der Waals surface area contributed by atoms with Crippen molar-refractivity contribution >= 4 is 16.9 Å². The maximum atomic E-state index is 14.1. The smallest absolute Gasteiger partial charge is 0.284 e. The number of hydrogen-bond acceptors (Lipinski definition) is 3. The molecule has 6 heteroatoms. The van der Waals surface area contributed by atoms with Gasteiger partial charge in [-0.15, -0.1) is 0 Å². The summed E-state index contributed by atoms with van der Waals surface area (Å²) in [6.45, 7) is -1.57. The quantitative estimate of drug-likeness (QED) is 0.775. The van der Waals surface area contributed by atoms with Gasteiger partial charge in [0.15, 0.2) is 12.4 Å². The lowest BCUT2D eigenvalue weighted by atomic mass is 9.93. The van der Waals surface area contributed by atoms with Crippen LogP contribution in [0.1, 0.15) is 16.1 Å². The lowest BCUT2D eigenvalue weighted by Crippen LogP contribution is -2.22. The Morgan fingerprint density at radius 3 is 2.57 bits per heavy atom. The second-order valence-corrected chi connectivity index (χ2v) is 5.13. The van der Waals surface area contributed by atoms with E-state index in [1.165, 1.54) is 18.2 Å². The summed E-state index contributed by atoms with van der Waals surface area (Å²) in [6.07, 6.45) is 0. The van der Waals surface area contributed by atoms with Gasteiger partial charge in [0.25, 0.3) is 11.8 Å². The van der Waals surface area contributed by atoms with Gasteiger partial charge in [-0.3, -0.25) is 4.79 Å². The Labute approximate surface area is 130 Å². The van der Waals surface area contributed by atoms with Crippen LogP contribution in [0.2, 0.25) is 0 Å². The average molecular weight is 317 g/mol. The van der Waals surface area contributed by atoms with Crippen molar-refractivity contribution in [2.45, 2.75) is 5.85 Å². The SMILES string of the molecule is NC(=O)c1cc2c(-c3ccccc3C(O)(F)CF)cccc2o1. The van der Waals surface area contributed by atoms with Crippen molar-refractivity contribution in [2.24, 2.45) is 5.73 Å². The number of primary amides is 1. The first-order valence-electron chi connectivity index (χ1n) is 6.83. The fraction of sp³-hybridized carbons (Fsp3) is 0.118. The maximum absolute atomic E-state index is 14.1. The number of hydrogen-bond donors (Lipinski definition) is 2. The number of alkyl halides is 2. The zero-order chi connectivity index (χ0) is 16.6. The number of halogens is 2. The number of fused-ring (bicyclic) bond motifs is 1. The van der Waals surface area contributed by atoms with Gasteiger partial charge >= 0.3 is 0 Å². The van der Waals surface area contributed by atoms with Crippen LogP contribution in [-0.4, -0.2) is 17.7 Å². The lowest BCUT2D eigenvalue weighted by molar-refractivity contribution is -0.111. The first-order valence-corrected chi connectivity index (χ1v) is 6.83. The van der Waals surface area contributed by atoms with Crippen LogP contribution in [0.15, 0.2) is 52.9 Å². The number of benzene rings is 2. The molecule has 0 bridgehead atoms. The fourth-order valence-electron chi connectivity index (χ4n) is 2.54. The third kappa shape index (κ3) is 2.57. The molecule has 3 N–H and O–H groups in total. The molecule has 0 radical (unpaired) electrons. The second kappa shape index (κ2) is 5.48. The Morgan fingerprint density at radius 2 is 1.87 bits per heavy atom. The summed E-state index contributed by atoms with van der Waals surface area (Å²) >= 11 is 0. The highest BCUT2D eigenvalue weighted by Crippen LogP contribution is 2.37. The zero-order valence-corrected chi connectivity index (χ0v) is 11.9. The van der Waals surface area contributed by atoms with Gasteiger partial charge in [-0.25, -0.2) is 8.78 Å². The summed E-state index contributed by atoms with van der Waals surface area (Å²) in [7, 11) is 0. The maximum Gasteiger partial charge on any atom is 0.284 e. The van der Waals surface area contributed by atoms with E-state index in [1.807, 2.05) is 0 Å². The number of aliphatic hydroxyl groups is 1. The Bertz CT molecular complexity index is 886. The van der Waals surface area contributed by atoms with E-state index in [0.717, 1.165) is 0 Å². The Balaban J connectivity index is 2.28. The molecule has 0 fully saturated rings. The lowest BCUT2D eigenvalue weighted by Gasteiger charge is -2.19. The predicted octanol–water partition coefficient (Wildman–Crippen LogP) is 3.28. The molecule has 0 saturated carbocycles. The number of carbonyl (C=O) groups excluding carboxylic acids is 1. The Kier molecular flexibility index (Phi) is 3.61. The molecule has 4 nitrogen and oxygen atoms in total. The van der Waals surface area contributed by atoms with Crippen LogP contribution in [0.3, 0.4) is 0 Å². The number of furan rings is 1. The van der Waals surface area contributed by atoms with Crippen LogP contribution in [0.5, 0.6) is 0 Å². The van der Waals surface area contributed by atoms with Gasteiger partial charge in [-0.05, 0) is 23.3 Å². The van der Waals surface area contributed by atoms with Crippen molar-refractivity contribution in [1.82, 2.24) is 0 Å². The summed E-state index contributed by atoms with van der Waals surface area (Å²) in [4.78, 5) is 11.3. The van der Waals surface area contributed by atoms with Crippen molar-refractivity contribution in [2.75, 3.05) is 6.67 Å². The van der Waals surface area contributed by atoms with Crippen molar-refractivity contribution in [3.05, 3.63) is 59.9 Å². The van der Waals surface area contributed by atoms with E-state index in [-0.39, 0.29) is 11.3 Å². The fourth-order valence-corrected chi connectivity index (χ4v) is 2.54. The van der Waals surface area contributed by atoms with Gasteiger partial charge < -0.3 is 15.3 Å². The van der Waals surface area contributed by atoms with Crippen LogP contribution < -0.4 is 5.73 Å². The molecule has 0 aliphatic carbocycles. The van der Waals surface area contributed by atoms with E-state index in [1.54, 1.807) is 30.3 Å². The van der Waals surface area contributed by atoms with Crippen LogP contribution in [0.25, 0.3) is 22.1 Å². The molecule has 118 valence electrons. The van der Waals surface area contributed by atoms with Crippen LogP contribution in [0.4, 0.5) is 8.78 Å². The van der Waals surface area contributed by atoms with Crippen LogP contribution in [-0.2, 0) is 5.85 Å². The van der Waals surface area contributed by atoms with Gasteiger partial charge in [-0.1, -0.05) is 36.4 Å². The predicted molar refractivity (Wildman–Crippen MR) is 81.1 cm³/mol. The average Bonchev–Trinajstić information content (AvgIpc) is 2.99. The molecule has 2 aromatic carbocycles. The minimum absolute atomic E-state index is 0.0362. The molecular weight excluding hydrogens is 304 g/mol. The molecule has 1 aromatic heterocycles.